The van der Waals surface area contributed by atoms with Crippen molar-refractivity contribution in [2.45, 2.75) is 33.1 Å². The number of rotatable bonds is 7. The molecule has 1 aromatic heterocycles. The Labute approximate surface area is 185 Å². The number of benzene rings is 2. The number of nitrogens with zero attached hydrogens (tertiary/aromatic N) is 2. The van der Waals surface area contributed by atoms with E-state index < -0.39 is 11.7 Å². The fraction of sp³-hybridized carbons (Fsp3) is 0.292. The molecule has 2 aromatic carbocycles. The van der Waals surface area contributed by atoms with Gasteiger partial charge in [0.25, 0.3) is 5.91 Å². The Morgan fingerprint density at radius 3 is 2.32 bits per heavy atom. The van der Waals surface area contributed by atoms with Crippen LogP contribution in [0.25, 0.3) is 0 Å². The van der Waals surface area contributed by atoms with Gasteiger partial charge in [-0.2, -0.15) is 13.2 Å². The van der Waals surface area contributed by atoms with Crippen molar-refractivity contribution in [1.82, 2.24) is 9.47 Å². The van der Waals surface area contributed by atoms with Crippen LogP contribution in [0.2, 0.25) is 5.02 Å². The minimum atomic E-state index is -4.43. The zero-order chi connectivity index (χ0) is 22.6. The molecule has 3 aromatic rings. The van der Waals surface area contributed by atoms with E-state index >= 15 is 0 Å². The molecule has 31 heavy (non-hydrogen) atoms. The molecule has 0 N–H and O–H groups in total. The predicted molar refractivity (Wildman–Crippen MR) is 116 cm³/mol. The Kier molecular flexibility index (Phi) is 7.11. The molecule has 0 radical (unpaired) electrons. The third-order valence-electron chi connectivity index (χ3n) is 4.91. The van der Waals surface area contributed by atoms with Gasteiger partial charge in [0.15, 0.2) is 0 Å². The smallest absolute Gasteiger partial charge is 0.345 e. The van der Waals surface area contributed by atoms with E-state index in [2.05, 4.69) is 0 Å². The van der Waals surface area contributed by atoms with Crippen molar-refractivity contribution in [1.29, 1.82) is 0 Å². The fourth-order valence-corrected chi connectivity index (χ4v) is 3.59. The first-order valence-corrected chi connectivity index (χ1v) is 10.4. The molecule has 0 unspecified atom stereocenters. The van der Waals surface area contributed by atoms with Crippen molar-refractivity contribution in [2.75, 3.05) is 6.54 Å². The van der Waals surface area contributed by atoms with Crippen molar-refractivity contribution in [3.63, 3.8) is 0 Å². The number of hydrogen-bond acceptors (Lipinski definition) is 1. The van der Waals surface area contributed by atoms with Crippen LogP contribution in [-0.4, -0.2) is 21.9 Å². The Hall–Kier alpha value is -2.73. The molecule has 0 spiro atoms. The van der Waals surface area contributed by atoms with Gasteiger partial charge in [-0.1, -0.05) is 43.6 Å². The summed E-state index contributed by atoms with van der Waals surface area (Å²) in [6.45, 7) is 5.38. The van der Waals surface area contributed by atoms with Crippen LogP contribution in [0.5, 0.6) is 0 Å². The molecule has 0 saturated heterocycles. The predicted octanol–water partition coefficient (Wildman–Crippen LogP) is 6.51. The zero-order valence-corrected chi connectivity index (χ0v) is 18.1. The molecule has 3 rings (SSSR count). The molecule has 0 bridgehead atoms. The molecule has 0 atom stereocenters. The molecule has 0 saturated carbocycles. The van der Waals surface area contributed by atoms with E-state index in [4.69, 9.17) is 11.6 Å². The highest BCUT2D eigenvalue weighted by Crippen LogP contribution is 2.29. The number of hydrogen-bond donors (Lipinski definition) is 0. The summed E-state index contributed by atoms with van der Waals surface area (Å²) >= 11 is 6.29. The number of alkyl halides is 3. The Morgan fingerprint density at radius 2 is 1.71 bits per heavy atom. The largest absolute Gasteiger partial charge is 0.416 e. The lowest BCUT2D eigenvalue weighted by atomic mass is 10.1. The number of amides is 1. The lowest BCUT2D eigenvalue weighted by Gasteiger charge is -2.26. The van der Waals surface area contributed by atoms with Gasteiger partial charge in [0.05, 0.1) is 12.1 Å². The first kappa shape index (κ1) is 22.9. The standard InChI is InChI=1S/C24H24ClF3N2O/c1-17(2)14-30(23(31)18-9-11-20(12-10-18)24(26,27)28)16-21-7-5-13-29(21)15-19-6-3-4-8-22(19)25/h3-13,17H,14-16H2,1-2H3. The minimum absolute atomic E-state index is 0.199. The second-order valence-corrected chi connectivity index (χ2v) is 8.28. The van der Waals surface area contributed by atoms with Gasteiger partial charge >= 0.3 is 6.18 Å². The molecule has 3 nitrogen and oxygen atoms in total. The van der Waals surface area contributed by atoms with Crippen molar-refractivity contribution in [3.05, 3.63) is 94.3 Å². The van der Waals surface area contributed by atoms with Crippen LogP contribution in [0, 0.1) is 5.92 Å². The summed E-state index contributed by atoms with van der Waals surface area (Å²) < 4.78 is 40.6. The zero-order valence-electron chi connectivity index (χ0n) is 17.4. The van der Waals surface area contributed by atoms with Crippen LogP contribution in [0.15, 0.2) is 66.9 Å². The molecule has 7 heteroatoms. The maximum atomic E-state index is 13.1. The highest BCUT2D eigenvalue weighted by atomic mass is 35.5. The van der Waals surface area contributed by atoms with Crippen LogP contribution >= 0.6 is 11.6 Å². The van der Waals surface area contributed by atoms with Gasteiger partial charge < -0.3 is 9.47 Å². The summed E-state index contributed by atoms with van der Waals surface area (Å²) in [4.78, 5) is 14.8. The van der Waals surface area contributed by atoms with Crippen LogP contribution in [0.4, 0.5) is 13.2 Å². The van der Waals surface area contributed by atoms with Crippen LogP contribution in [0.1, 0.15) is 41.0 Å². The van der Waals surface area contributed by atoms with E-state index in [-0.39, 0.29) is 17.4 Å². The van der Waals surface area contributed by atoms with Gasteiger partial charge in [-0.05, 0) is 53.9 Å². The summed E-state index contributed by atoms with van der Waals surface area (Å²) in [6, 6.07) is 15.8. The first-order chi connectivity index (χ1) is 14.6. The van der Waals surface area contributed by atoms with E-state index in [9.17, 15) is 18.0 Å². The monoisotopic (exact) mass is 448 g/mol. The maximum absolute atomic E-state index is 13.1. The maximum Gasteiger partial charge on any atom is 0.416 e. The molecule has 0 aliphatic heterocycles. The summed E-state index contributed by atoms with van der Waals surface area (Å²) in [5.74, 6) is -0.0988. The third kappa shape index (κ3) is 5.91. The van der Waals surface area contributed by atoms with E-state index in [1.165, 1.54) is 12.1 Å². The Bertz CT molecular complexity index is 1030. The van der Waals surface area contributed by atoms with Gasteiger partial charge in [0.2, 0.25) is 0 Å². The highest BCUT2D eigenvalue weighted by Gasteiger charge is 2.30. The number of aromatic nitrogens is 1. The van der Waals surface area contributed by atoms with E-state index in [0.29, 0.717) is 24.7 Å². The SMILES string of the molecule is CC(C)CN(Cc1cccn1Cc1ccccc1Cl)C(=O)c1ccc(C(F)(F)F)cc1. The van der Waals surface area contributed by atoms with Gasteiger partial charge in [-0.15, -0.1) is 0 Å². The first-order valence-electron chi connectivity index (χ1n) is 9.99. The van der Waals surface area contributed by atoms with E-state index in [1.54, 1.807) is 4.90 Å². The summed E-state index contributed by atoms with van der Waals surface area (Å²) in [7, 11) is 0. The lowest BCUT2D eigenvalue weighted by molar-refractivity contribution is -0.137. The van der Waals surface area contributed by atoms with Crippen LogP contribution in [-0.2, 0) is 19.3 Å². The normalized spacial score (nSPS) is 11.7. The van der Waals surface area contributed by atoms with Gasteiger partial charge in [0, 0.05) is 35.6 Å². The molecule has 0 aliphatic rings. The van der Waals surface area contributed by atoms with Gasteiger partial charge in [-0.3, -0.25) is 4.79 Å². The minimum Gasteiger partial charge on any atom is -0.345 e. The third-order valence-corrected chi connectivity index (χ3v) is 5.28. The topological polar surface area (TPSA) is 25.2 Å². The molecule has 164 valence electrons. The fourth-order valence-electron chi connectivity index (χ4n) is 3.40. The van der Waals surface area contributed by atoms with Crippen molar-refractivity contribution >= 4 is 17.5 Å². The summed E-state index contributed by atoms with van der Waals surface area (Å²) in [5.41, 5.74) is 1.35. The van der Waals surface area contributed by atoms with E-state index in [0.717, 1.165) is 23.4 Å². The second kappa shape index (κ2) is 9.60. The van der Waals surface area contributed by atoms with Crippen molar-refractivity contribution < 1.29 is 18.0 Å². The van der Waals surface area contributed by atoms with Crippen LogP contribution in [0.3, 0.4) is 0 Å². The van der Waals surface area contributed by atoms with Gasteiger partial charge in [0.1, 0.15) is 0 Å². The molecule has 0 aliphatic carbocycles. The van der Waals surface area contributed by atoms with Crippen molar-refractivity contribution in [3.8, 4) is 0 Å². The Morgan fingerprint density at radius 1 is 1.03 bits per heavy atom. The number of carbonyl (C=O) groups excluding carboxylic acids is 1. The molecule has 0 fully saturated rings. The second-order valence-electron chi connectivity index (χ2n) is 7.87. The summed E-state index contributed by atoms with van der Waals surface area (Å²) in [5, 5.41) is 0.669. The average molecular weight is 449 g/mol. The van der Waals surface area contributed by atoms with E-state index in [1.807, 2.05) is 61.0 Å². The molecular formula is C24H24ClF3N2O. The quantitative estimate of drug-likeness (QED) is 0.404. The number of halogens is 4. The summed E-state index contributed by atoms with van der Waals surface area (Å²) in [6.07, 6.45) is -2.51. The lowest BCUT2D eigenvalue weighted by Crippen LogP contribution is -2.34. The average Bonchev–Trinajstić information content (AvgIpc) is 3.14. The molecule has 1 heterocycles. The van der Waals surface area contributed by atoms with Gasteiger partial charge in [-0.25, -0.2) is 0 Å². The molecule has 1 amide bonds. The van der Waals surface area contributed by atoms with Crippen molar-refractivity contribution in [2.24, 2.45) is 5.92 Å². The van der Waals surface area contributed by atoms with Crippen LogP contribution < -0.4 is 0 Å². The number of carbonyl (C=O) groups is 1. The Balaban J connectivity index is 1.82. The highest BCUT2D eigenvalue weighted by molar-refractivity contribution is 6.31. The molecular weight excluding hydrogens is 425 g/mol.